The second-order valence-corrected chi connectivity index (χ2v) is 10.5. The summed E-state index contributed by atoms with van der Waals surface area (Å²) < 4.78 is 7.32. The van der Waals surface area contributed by atoms with Gasteiger partial charge in [-0.15, -0.1) is 0 Å². The van der Waals surface area contributed by atoms with Crippen LogP contribution in [-0.2, 0) is 16.0 Å². The van der Waals surface area contributed by atoms with Crippen LogP contribution in [0.2, 0.25) is 0 Å². The molecular weight excluding hydrogens is 518 g/mol. The van der Waals surface area contributed by atoms with Crippen LogP contribution in [0.15, 0.2) is 72.9 Å². The second-order valence-electron chi connectivity index (χ2n) is 10.1. The van der Waals surface area contributed by atoms with Crippen LogP contribution >= 0.6 is 12.2 Å². The maximum Gasteiger partial charge on any atom is 0.250 e. The number of carbonyl (C=O) groups is 1. The Morgan fingerprint density at radius 2 is 1.85 bits per heavy atom. The minimum absolute atomic E-state index is 0.00588. The summed E-state index contributed by atoms with van der Waals surface area (Å²) in [7, 11) is 1.51. The van der Waals surface area contributed by atoms with Crippen LogP contribution in [0, 0.1) is 20.8 Å². The third kappa shape index (κ3) is 5.12. The summed E-state index contributed by atoms with van der Waals surface area (Å²) in [5.74, 6) is -0.190. The van der Waals surface area contributed by atoms with Crippen molar-refractivity contribution in [2.45, 2.75) is 46.2 Å². The van der Waals surface area contributed by atoms with Crippen LogP contribution < -0.4 is 15.5 Å². The number of carbonyl (C=O) groups excluding carboxylic acids is 1. The van der Waals surface area contributed by atoms with E-state index in [1.807, 2.05) is 43.5 Å². The molecule has 1 amide bonds. The monoisotopic (exact) mass is 553 g/mol. The van der Waals surface area contributed by atoms with E-state index in [-0.39, 0.29) is 24.6 Å². The molecule has 0 aliphatic carbocycles. The van der Waals surface area contributed by atoms with Gasteiger partial charge in [0, 0.05) is 41.8 Å². The maximum absolute atomic E-state index is 12.1. The number of aryl methyl sites for hydroxylation is 3. The first kappa shape index (κ1) is 27.6. The lowest BCUT2D eigenvalue weighted by atomic mass is 9.96. The molecule has 8 heteroatoms. The van der Waals surface area contributed by atoms with E-state index < -0.39 is 0 Å². The van der Waals surface area contributed by atoms with Crippen molar-refractivity contribution in [3.05, 3.63) is 107 Å². The van der Waals surface area contributed by atoms with Crippen molar-refractivity contribution in [2.24, 2.45) is 0 Å². The zero-order valence-corrected chi connectivity index (χ0v) is 24.4. The molecule has 7 nitrogen and oxygen atoms in total. The summed E-state index contributed by atoms with van der Waals surface area (Å²) in [5, 5.41) is 7.12. The molecule has 2 N–H and O–H groups in total. The standard InChI is InChI=1S/C32H35N5O2S/c1-6-23-11-7-8-13-28(23)36-21(3)18-25(22(36)4)31-30(27-12-9-10-16-33-27)35-32(40)37(31)24-14-15-26(20(2)17-24)34-29(38)19-39-5/h7-18,30-31H,6,19H2,1-5H3,(H,34,38)(H,35,40)/t30-,31+/m0/s1. The number of thiocarbonyl (C=S) groups is 1. The molecule has 1 fully saturated rings. The molecule has 40 heavy (non-hydrogen) atoms. The Hall–Kier alpha value is -4.01. The molecule has 1 aliphatic heterocycles. The number of methoxy groups -OCH3 is 1. The predicted molar refractivity (Wildman–Crippen MR) is 164 cm³/mol. The van der Waals surface area contributed by atoms with Gasteiger partial charge >= 0.3 is 0 Å². The number of benzene rings is 2. The lowest BCUT2D eigenvalue weighted by Crippen LogP contribution is -2.29. The van der Waals surface area contributed by atoms with Gasteiger partial charge in [0.15, 0.2) is 5.11 Å². The summed E-state index contributed by atoms with van der Waals surface area (Å²) in [5.41, 5.74) is 9.57. The first-order valence-corrected chi connectivity index (χ1v) is 13.9. The largest absolute Gasteiger partial charge is 0.375 e. The molecule has 3 heterocycles. The van der Waals surface area contributed by atoms with E-state index in [9.17, 15) is 4.79 Å². The Labute approximate surface area is 241 Å². The molecule has 4 aromatic rings. The zero-order valence-electron chi connectivity index (χ0n) is 23.6. The number of amides is 1. The van der Waals surface area contributed by atoms with Gasteiger partial charge < -0.3 is 24.8 Å². The number of aromatic nitrogens is 2. The number of para-hydroxylation sites is 1. The molecule has 1 saturated heterocycles. The van der Waals surface area contributed by atoms with Gasteiger partial charge in [-0.1, -0.05) is 31.2 Å². The normalized spacial score (nSPS) is 16.7. The van der Waals surface area contributed by atoms with Gasteiger partial charge in [0.05, 0.1) is 17.8 Å². The van der Waals surface area contributed by atoms with E-state index in [4.69, 9.17) is 21.9 Å². The van der Waals surface area contributed by atoms with Gasteiger partial charge in [-0.2, -0.15) is 0 Å². The molecule has 2 aromatic carbocycles. The molecule has 0 spiro atoms. The lowest BCUT2D eigenvalue weighted by Gasteiger charge is -2.29. The Morgan fingerprint density at radius 1 is 1.07 bits per heavy atom. The SMILES string of the molecule is CCc1ccccc1-n1c(C)cc([C@@H]2[C@H](c3ccccn3)NC(=S)N2c2ccc(NC(=O)COC)c(C)c2)c1C. The highest BCUT2D eigenvalue weighted by Gasteiger charge is 2.42. The predicted octanol–water partition coefficient (Wildman–Crippen LogP) is 6.12. The third-order valence-electron chi connectivity index (χ3n) is 7.54. The molecule has 5 rings (SSSR count). The van der Waals surface area contributed by atoms with Crippen LogP contribution in [0.5, 0.6) is 0 Å². The number of ether oxygens (including phenoxy) is 1. The van der Waals surface area contributed by atoms with Crippen molar-refractivity contribution in [1.29, 1.82) is 0 Å². The number of nitrogens with one attached hydrogen (secondary N) is 2. The minimum atomic E-state index is -0.190. The average molecular weight is 554 g/mol. The first-order chi connectivity index (χ1) is 19.3. The van der Waals surface area contributed by atoms with E-state index in [2.05, 4.69) is 77.3 Å². The van der Waals surface area contributed by atoms with E-state index in [0.29, 0.717) is 5.11 Å². The molecule has 0 unspecified atom stereocenters. The van der Waals surface area contributed by atoms with E-state index in [1.165, 1.54) is 35.3 Å². The number of rotatable bonds is 8. The lowest BCUT2D eigenvalue weighted by molar-refractivity contribution is -0.119. The van der Waals surface area contributed by atoms with E-state index in [0.717, 1.165) is 29.1 Å². The van der Waals surface area contributed by atoms with Crippen molar-refractivity contribution in [3.8, 4) is 5.69 Å². The fraction of sp³-hybridized carbons (Fsp3) is 0.281. The summed E-state index contributed by atoms with van der Waals surface area (Å²) in [6.45, 7) is 8.52. The quantitative estimate of drug-likeness (QED) is 0.256. The Morgan fingerprint density at radius 3 is 2.55 bits per heavy atom. The van der Waals surface area contributed by atoms with Gasteiger partial charge in [-0.05, 0) is 98.6 Å². The second kappa shape index (κ2) is 11.6. The van der Waals surface area contributed by atoms with Gasteiger partial charge in [-0.3, -0.25) is 9.78 Å². The number of hydrogen-bond acceptors (Lipinski definition) is 4. The highest BCUT2D eigenvalue weighted by Crippen LogP contribution is 2.44. The Bertz CT molecular complexity index is 1550. The van der Waals surface area contributed by atoms with Crippen LogP contribution in [0.3, 0.4) is 0 Å². The summed E-state index contributed by atoms with van der Waals surface area (Å²) in [4.78, 5) is 19.0. The molecule has 0 saturated carbocycles. The van der Waals surface area contributed by atoms with Gasteiger partial charge in [-0.25, -0.2) is 0 Å². The topological polar surface area (TPSA) is 71.4 Å². The van der Waals surface area contributed by atoms with Crippen molar-refractivity contribution >= 4 is 34.6 Å². The minimum Gasteiger partial charge on any atom is -0.375 e. The Kier molecular flexibility index (Phi) is 8.00. The molecule has 0 radical (unpaired) electrons. The van der Waals surface area contributed by atoms with Crippen molar-refractivity contribution in [3.63, 3.8) is 0 Å². The number of nitrogens with zero attached hydrogens (tertiary/aromatic N) is 3. The van der Waals surface area contributed by atoms with Crippen molar-refractivity contribution in [2.75, 3.05) is 23.9 Å². The summed E-state index contributed by atoms with van der Waals surface area (Å²) in [6, 6.07) is 22.5. The molecule has 2 atom stereocenters. The number of pyridine rings is 1. The first-order valence-electron chi connectivity index (χ1n) is 13.5. The molecule has 206 valence electrons. The molecule has 0 bridgehead atoms. The molecular formula is C32H35N5O2S. The number of hydrogen-bond donors (Lipinski definition) is 2. The third-order valence-corrected chi connectivity index (χ3v) is 7.85. The smallest absolute Gasteiger partial charge is 0.250 e. The summed E-state index contributed by atoms with van der Waals surface area (Å²) in [6.07, 6.45) is 2.77. The number of anilines is 2. The van der Waals surface area contributed by atoms with Gasteiger partial charge in [0.1, 0.15) is 6.61 Å². The van der Waals surface area contributed by atoms with E-state index in [1.54, 1.807) is 0 Å². The van der Waals surface area contributed by atoms with E-state index >= 15 is 0 Å². The van der Waals surface area contributed by atoms with Crippen LogP contribution in [0.25, 0.3) is 5.69 Å². The molecule has 1 aliphatic rings. The van der Waals surface area contributed by atoms with Crippen LogP contribution in [0.4, 0.5) is 11.4 Å². The van der Waals surface area contributed by atoms with Gasteiger partial charge in [0.25, 0.3) is 0 Å². The molecule has 2 aromatic heterocycles. The Balaban J connectivity index is 1.62. The summed E-state index contributed by atoms with van der Waals surface area (Å²) >= 11 is 5.97. The highest BCUT2D eigenvalue weighted by molar-refractivity contribution is 7.80. The van der Waals surface area contributed by atoms with Crippen LogP contribution in [-0.4, -0.2) is 34.3 Å². The van der Waals surface area contributed by atoms with Crippen molar-refractivity contribution < 1.29 is 9.53 Å². The fourth-order valence-electron chi connectivity index (χ4n) is 5.69. The van der Waals surface area contributed by atoms with Crippen LogP contribution in [0.1, 0.15) is 52.8 Å². The average Bonchev–Trinajstić information content (AvgIpc) is 3.45. The van der Waals surface area contributed by atoms with Gasteiger partial charge in [0.2, 0.25) is 5.91 Å². The van der Waals surface area contributed by atoms with Crippen molar-refractivity contribution in [1.82, 2.24) is 14.9 Å². The zero-order chi connectivity index (χ0) is 28.4. The highest BCUT2D eigenvalue weighted by atomic mass is 32.1. The maximum atomic E-state index is 12.1. The fourth-order valence-corrected chi connectivity index (χ4v) is 6.04.